The number of fused-ring (bicyclic) bond motifs is 3. The van der Waals surface area contributed by atoms with Crippen molar-refractivity contribution in [1.29, 1.82) is 0 Å². The molecule has 1 saturated heterocycles. The maximum absolute atomic E-state index is 12.9. The van der Waals surface area contributed by atoms with Crippen molar-refractivity contribution in [3.8, 4) is 0 Å². The smallest absolute Gasteiger partial charge is 0.253 e. The third kappa shape index (κ3) is 7.10. The van der Waals surface area contributed by atoms with Gasteiger partial charge in [-0.3, -0.25) is 9.69 Å². The van der Waals surface area contributed by atoms with Gasteiger partial charge in [-0.15, -0.1) is 11.3 Å². The molecule has 6 rings (SSSR count). The van der Waals surface area contributed by atoms with Gasteiger partial charge in [0, 0.05) is 67.8 Å². The predicted octanol–water partition coefficient (Wildman–Crippen LogP) is 6.66. The topological polar surface area (TPSA) is 83.9 Å². The maximum Gasteiger partial charge on any atom is 0.253 e. The quantitative estimate of drug-likeness (QED) is 0.244. The molecule has 2 aliphatic rings. The average Bonchev–Trinajstić information content (AvgIpc) is 3.70. The number of anilines is 1. The van der Waals surface area contributed by atoms with E-state index in [1.807, 2.05) is 20.9 Å². The second kappa shape index (κ2) is 15.0. The standard InChI is InChI=1S/C18H24N2O4S2.C14H14N2.C2H6/c1-3-15-13-24-9-6-16(15)11-19-7-8-20(17(12-19)14(2)21)26(22,23)18-5-4-10-25-18;1-15-10-7-8-14-12(9-10)11-5-3-4-6-13(11)16(14)2;1-2/h4-6,10,13,17H,3,7-9,11-12H2,1-2H3;3-9,15H,1-2H3;1-2H3/t17-;;/m0../s1. The number of hydrogen-bond acceptors (Lipinski definition) is 7. The zero-order valence-electron chi connectivity index (χ0n) is 26.5. The minimum Gasteiger partial charge on any atom is -0.497 e. The van der Waals surface area contributed by atoms with E-state index < -0.39 is 16.1 Å². The van der Waals surface area contributed by atoms with Gasteiger partial charge in [0.2, 0.25) is 0 Å². The Labute approximate surface area is 265 Å². The van der Waals surface area contributed by atoms with Gasteiger partial charge in [0.1, 0.15) is 16.6 Å². The van der Waals surface area contributed by atoms with Gasteiger partial charge in [-0.05, 0) is 66.3 Å². The molecule has 4 aromatic rings. The number of nitrogens with one attached hydrogen (secondary N) is 1. The number of sulfonamides is 1. The molecule has 0 saturated carbocycles. The van der Waals surface area contributed by atoms with Crippen molar-refractivity contribution >= 4 is 54.6 Å². The lowest BCUT2D eigenvalue weighted by molar-refractivity contribution is -0.122. The van der Waals surface area contributed by atoms with E-state index in [0.29, 0.717) is 37.0 Å². The lowest BCUT2D eigenvalue weighted by Gasteiger charge is -2.39. The molecule has 0 spiro atoms. The van der Waals surface area contributed by atoms with Crippen molar-refractivity contribution in [1.82, 2.24) is 13.8 Å². The number of carbonyl (C=O) groups is 1. The number of Topliss-reactive ketones (excluding diaryl/α,β-unsaturated/α-hetero) is 1. The van der Waals surface area contributed by atoms with Crippen LogP contribution in [-0.4, -0.2) is 73.8 Å². The molecule has 1 fully saturated rings. The van der Waals surface area contributed by atoms with Crippen molar-refractivity contribution in [2.24, 2.45) is 7.05 Å². The Morgan fingerprint density at radius 1 is 1.02 bits per heavy atom. The van der Waals surface area contributed by atoms with Gasteiger partial charge in [-0.1, -0.05) is 45.0 Å². The van der Waals surface area contributed by atoms with Gasteiger partial charge in [-0.25, -0.2) is 8.42 Å². The van der Waals surface area contributed by atoms with Crippen LogP contribution < -0.4 is 5.32 Å². The number of aryl methyl sites for hydroxylation is 1. The average molecular weight is 637 g/mol. The van der Waals surface area contributed by atoms with Crippen molar-refractivity contribution in [2.75, 3.05) is 45.2 Å². The summed E-state index contributed by atoms with van der Waals surface area (Å²) in [6.07, 6.45) is 4.75. The third-order valence-electron chi connectivity index (χ3n) is 7.98. The number of aromatic nitrogens is 1. The van der Waals surface area contributed by atoms with Gasteiger partial charge in [-0.2, -0.15) is 4.31 Å². The molecule has 0 aliphatic carbocycles. The van der Waals surface area contributed by atoms with Crippen LogP contribution >= 0.6 is 11.3 Å². The molecule has 8 nitrogen and oxygen atoms in total. The molecular formula is C34H44N4O4S2. The summed E-state index contributed by atoms with van der Waals surface area (Å²) < 4.78 is 35.0. The van der Waals surface area contributed by atoms with E-state index in [2.05, 4.69) is 77.3 Å². The van der Waals surface area contributed by atoms with E-state index in [1.54, 1.807) is 23.8 Å². The van der Waals surface area contributed by atoms with E-state index in [1.165, 1.54) is 49.9 Å². The summed E-state index contributed by atoms with van der Waals surface area (Å²) in [5.74, 6) is -0.123. The second-order valence-corrected chi connectivity index (χ2v) is 13.6. The lowest BCUT2D eigenvalue weighted by atomic mass is 10.0. The van der Waals surface area contributed by atoms with E-state index >= 15 is 0 Å². The number of nitrogens with zero attached hydrogens (tertiary/aromatic N) is 3. The highest BCUT2D eigenvalue weighted by molar-refractivity contribution is 7.91. The van der Waals surface area contributed by atoms with Crippen LogP contribution in [0.1, 0.15) is 34.1 Å². The zero-order valence-corrected chi connectivity index (χ0v) is 28.2. The molecule has 10 heteroatoms. The highest BCUT2D eigenvalue weighted by atomic mass is 32.2. The molecule has 1 atom stereocenters. The number of ketones is 1. The van der Waals surface area contributed by atoms with Crippen molar-refractivity contribution in [3.05, 3.63) is 83.5 Å². The molecule has 44 heavy (non-hydrogen) atoms. The lowest BCUT2D eigenvalue weighted by Crippen LogP contribution is -2.57. The number of piperazine rings is 1. The van der Waals surface area contributed by atoms with Crippen LogP contribution in [0.4, 0.5) is 5.69 Å². The fraction of sp³-hybridized carbons (Fsp3) is 0.382. The summed E-state index contributed by atoms with van der Waals surface area (Å²) in [7, 11) is 0.439. The first-order chi connectivity index (χ1) is 21.2. The number of ether oxygens (including phenoxy) is 1. The SMILES string of the molecule is CC.CCC1=COCC=C1CN1CCN(S(=O)(=O)c2cccs2)[C@H](C(C)=O)C1.CNc1ccc2c(c1)c1ccccc1n2C. The van der Waals surface area contributed by atoms with Crippen molar-refractivity contribution in [3.63, 3.8) is 0 Å². The van der Waals surface area contributed by atoms with E-state index in [9.17, 15) is 13.2 Å². The zero-order chi connectivity index (χ0) is 31.9. The Balaban J connectivity index is 0.000000209. The Morgan fingerprint density at radius 2 is 1.77 bits per heavy atom. The van der Waals surface area contributed by atoms with Gasteiger partial charge >= 0.3 is 0 Å². The van der Waals surface area contributed by atoms with Crippen molar-refractivity contribution in [2.45, 2.75) is 44.4 Å². The Morgan fingerprint density at radius 3 is 2.45 bits per heavy atom. The molecule has 2 aromatic carbocycles. The number of para-hydroxylation sites is 1. The fourth-order valence-electron chi connectivity index (χ4n) is 5.66. The fourth-order valence-corrected chi connectivity index (χ4v) is 8.40. The Kier molecular flexibility index (Phi) is 11.4. The molecule has 1 N–H and O–H groups in total. The van der Waals surface area contributed by atoms with Crippen LogP contribution in [0.2, 0.25) is 0 Å². The first-order valence-electron chi connectivity index (χ1n) is 15.2. The van der Waals surface area contributed by atoms with Crippen LogP contribution in [0.3, 0.4) is 0 Å². The van der Waals surface area contributed by atoms with Crippen LogP contribution in [0.15, 0.2) is 87.7 Å². The van der Waals surface area contributed by atoms with Crippen LogP contribution in [-0.2, 0) is 26.6 Å². The maximum atomic E-state index is 12.9. The molecule has 0 bridgehead atoms. The molecule has 0 unspecified atom stereocenters. The van der Waals surface area contributed by atoms with E-state index in [-0.39, 0.29) is 5.78 Å². The van der Waals surface area contributed by atoms with E-state index in [4.69, 9.17) is 4.74 Å². The minimum absolute atomic E-state index is 0.123. The van der Waals surface area contributed by atoms with Crippen LogP contribution in [0.5, 0.6) is 0 Å². The number of hydrogen-bond donors (Lipinski definition) is 1. The molecule has 236 valence electrons. The normalized spacial score (nSPS) is 17.5. The number of thiophene rings is 1. The summed E-state index contributed by atoms with van der Waals surface area (Å²) in [5, 5.41) is 7.55. The third-order valence-corrected chi connectivity index (χ3v) is 11.3. The first kappa shape index (κ1) is 33.5. The minimum atomic E-state index is -3.63. The van der Waals surface area contributed by atoms with Crippen molar-refractivity contribution < 1.29 is 17.9 Å². The van der Waals surface area contributed by atoms with E-state index in [0.717, 1.165) is 17.7 Å². The molecule has 0 radical (unpaired) electrons. The second-order valence-electron chi connectivity index (χ2n) is 10.5. The van der Waals surface area contributed by atoms with Crippen LogP contribution in [0.25, 0.3) is 21.8 Å². The Hall–Kier alpha value is -3.44. The van der Waals surface area contributed by atoms with Crippen LogP contribution in [0, 0.1) is 0 Å². The summed E-state index contributed by atoms with van der Waals surface area (Å²) >= 11 is 1.18. The van der Waals surface area contributed by atoms with Gasteiger partial charge in [0.25, 0.3) is 10.0 Å². The monoisotopic (exact) mass is 636 g/mol. The van der Waals surface area contributed by atoms with Gasteiger partial charge < -0.3 is 14.6 Å². The molecular weight excluding hydrogens is 593 g/mol. The largest absolute Gasteiger partial charge is 0.497 e. The summed E-state index contributed by atoms with van der Waals surface area (Å²) in [5.41, 5.74) is 6.08. The molecule has 4 heterocycles. The highest BCUT2D eigenvalue weighted by Crippen LogP contribution is 2.30. The molecule has 2 aliphatic heterocycles. The van der Waals surface area contributed by atoms with Gasteiger partial charge in [0.15, 0.2) is 0 Å². The first-order valence-corrected chi connectivity index (χ1v) is 17.5. The highest BCUT2D eigenvalue weighted by Gasteiger charge is 2.39. The molecule has 2 aromatic heterocycles. The van der Waals surface area contributed by atoms with Gasteiger partial charge in [0.05, 0.1) is 12.3 Å². The number of rotatable bonds is 7. The molecule has 0 amide bonds. The number of benzene rings is 2. The predicted molar refractivity (Wildman–Crippen MR) is 183 cm³/mol. The Bertz CT molecular complexity index is 1740. The summed E-state index contributed by atoms with van der Waals surface area (Å²) in [6, 6.07) is 17.7. The summed E-state index contributed by atoms with van der Waals surface area (Å²) in [4.78, 5) is 14.4. The summed E-state index contributed by atoms with van der Waals surface area (Å²) in [6.45, 7) is 10.1. The number of carbonyl (C=O) groups excluding carboxylic acids is 1.